The summed E-state index contributed by atoms with van der Waals surface area (Å²) in [6, 6.07) is 0. The van der Waals surface area contributed by atoms with Crippen molar-refractivity contribution in [2.24, 2.45) is 0 Å². The van der Waals surface area contributed by atoms with Crippen molar-refractivity contribution in [3.8, 4) is 0 Å². The molecule has 0 atom stereocenters. The molecule has 0 aromatic carbocycles. The first-order valence-electron chi connectivity index (χ1n) is 8.00. The summed E-state index contributed by atoms with van der Waals surface area (Å²) in [5.74, 6) is -5.02. The number of aliphatic carboxylic acids is 3. The van der Waals surface area contributed by atoms with Crippen LogP contribution in [0.3, 0.4) is 0 Å². The summed E-state index contributed by atoms with van der Waals surface area (Å²) >= 11 is 0. The Balaban J connectivity index is 0.000000392. The van der Waals surface area contributed by atoms with Gasteiger partial charge in [0.1, 0.15) is 0 Å². The van der Waals surface area contributed by atoms with Gasteiger partial charge in [-0.3, -0.25) is 9.59 Å². The smallest absolute Gasteiger partial charge is 0.336 e. The lowest BCUT2D eigenvalue weighted by Gasteiger charge is -2.18. The third kappa shape index (κ3) is 13.2. The molecule has 0 amide bonds. The fourth-order valence-electron chi connectivity index (χ4n) is 1.92. The molecule has 2 aliphatic heterocycles. The monoisotopic (exact) mass is 364 g/mol. The number of piperazine rings is 2. The molecule has 2 heterocycles. The lowest BCUT2D eigenvalue weighted by Crippen LogP contribution is -2.42. The standard InChI is InChI=1S/C6H8O7.2C4H10N2/c7-3(8)1-6(13,5(11)12)2-4(9)10;2*1-2-6-4-3-5-1/h13H,1-2H2,(H,7,8)(H,9,10)(H,11,12);2*5-6H,1-4H2. The van der Waals surface area contributed by atoms with Crippen molar-refractivity contribution in [3.63, 3.8) is 0 Å². The van der Waals surface area contributed by atoms with Crippen LogP contribution in [-0.2, 0) is 14.4 Å². The Morgan fingerprint density at radius 3 is 1.00 bits per heavy atom. The van der Waals surface area contributed by atoms with Gasteiger partial charge < -0.3 is 41.7 Å². The number of hydrogen-bond donors (Lipinski definition) is 8. The number of carbonyl (C=O) groups is 3. The van der Waals surface area contributed by atoms with Crippen LogP contribution in [0.15, 0.2) is 0 Å². The average Bonchev–Trinajstić information content (AvgIpc) is 2.57. The van der Waals surface area contributed by atoms with E-state index in [9.17, 15) is 14.4 Å². The number of aliphatic hydroxyl groups is 1. The molecule has 0 radical (unpaired) electrons. The second-order valence-corrected chi connectivity index (χ2v) is 5.48. The third-order valence-electron chi connectivity index (χ3n) is 3.20. The minimum absolute atomic E-state index is 1.14. The maximum Gasteiger partial charge on any atom is 0.336 e. The molecule has 2 aliphatic rings. The molecule has 0 saturated carbocycles. The SMILES string of the molecule is C1CNCCN1.C1CNCCN1.O=C(O)CC(O)(CC(=O)O)C(=O)O. The predicted octanol–water partition coefficient (Wildman–Crippen LogP) is -2.89. The zero-order valence-corrected chi connectivity index (χ0v) is 14.1. The van der Waals surface area contributed by atoms with Crippen LogP contribution in [0, 0.1) is 0 Å². The average molecular weight is 364 g/mol. The van der Waals surface area contributed by atoms with Gasteiger partial charge in [-0.2, -0.15) is 0 Å². The van der Waals surface area contributed by atoms with Gasteiger partial charge in [-0.15, -0.1) is 0 Å². The maximum atomic E-state index is 10.3. The van der Waals surface area contributed by atoms with Crippen molar-refractivity contribution in [1.29, 1.82) is 0 Å². The van der Waals surface area contributed by atoms with E-state index in [1.165, 1.54) is 0 Å². The van der Waals surface area contributed by atoms with E-state index in [2.05, 4.69) is 21.3 Å². The first kappa shape index (κ1) is 23.2. The van der Waals surface area contributed by atoms with Gasteiger partial charge >= 0.3 is 17.9 Å². The molecule has 25 heavy (non-hydrogen) atoms. The lowest BCUT2D eigenvalue weighted by atomic mass is 9.96. The summed E-state index contributed by atoms with van der Waals surface area (Å²) in [4.78, 5) is 30.5. The van der Waals surface area contributed by atoms with Crippen LogP contribution in [0.2, 0.25) is 0 Å². The molecule has 0 aromatic heterocycles. The molecule has 8 N–H and O–H groups in total. The molecule has 0 aromatic rings. The zero-order valence-electron chi connectivity index (χ0n) is 14.1. The number of carboxylic acids is 3. The number of rotatable bonds is 5. The molecule has 146 valence electrons. The summed E-state index contributed by atoms with van der Waals surface area (Å²) in [5.41, 5.74) is -2.74. The maximum absolute atomic E-state index is 10.3. The van der Waals surface area contributed by atoms with Gasteiger partial charge in [-0.05, 0) is 0 Å². The van der Waals surface area contributed by atoms with Crippen molar-refractivity contribution in [2.45, 2.75) is 18.4 Å². The van der Waals surface area contributed by atoms with Crippen molar-refractivity contribution in [3.05, 3.63) is 0 Å². The van der Waals surface area contributed by atoms with E-state index in [4.69, 9.17) is 20.4 Å². The Kier molecular flexibility index (Phi) is 12.5. The second-order valence-electron chi connectivity index (χ2n) is 5.48. The van der Waals surface area contributed by atoms with Gasteiger partial charge in [-0.1, -0.05) is 0 Å². The van der Waals surface area contributed by atoms with E-state index in [-0.39, 0.29) is 0 Å². The number of carboxylic acid groups (broad SMARTS) is 3. The van der Waals surface area contributed by atoms with Gasteiger partial charge in [-0.25, -0.2) is 4.79 Å². The van der Waals surface area contributed by atoms with E-state index in [1.807, 2.05) is 0 Å². The van der Waals surface area contributed by atoms with E-state index < -0.39 is 36.4 Å². The molecule has 2 saturated heterocycles. The summed E-state index contributed by atoms with van der Waals surface area (Å²) in [5, 5.41) is 46.7. The van der Waals surface area contributed by atoms with E-state index in [1.54, 1.807) is 0 Å². The normalized spacial score (nSPS) is 17.2. The highest BCUT2D eigenvalue weighted by Gasteiger charge is 2.40. The number of hydrogen-bond acceptors (Lipinski definition) is 8. The summed E-state index contributed by atoms with van der Waals surface area (Å²) < 4.78 is 0. The van der Waals surface area contributed by atoms with Crippen molar-refractivity contribution < 1.29 is 34.8 Å². The number of nitrogens with one attached hydrogen (secondary N) is 4. The molecule has 0 bridgehead atoms. The molecule has 11 heteroatoms. The third-order valence-corrected chi connectivity index (χ3v) is 3.20. The molecule has 0 aliphatic carbocycles. The largest absolute Gasteiger partial charge is 0.481 e. The van der Waals surface area contributed by atoms with Crippen LogP contribution in [-0.4, -0.2) is 96.3 Å². The van der Waals surface area contributed by atoms with Crippen molar-refractivity contribution in [1.82, 2.24) is 21.3 Å². The van der Waals surface area contributed by atoms with E-state index >= 15 is 0 Å². The van der Waals surface area contributed by atoms with Gasteiger partial charge in [0.15, 0.2) is 5.60 Å². The Morgan fingerprint density at radius 1 is 0.640 bits per heavy atom. The second kappa shape index (κ2) is 13.5. The van der Waals surface area contributed by atoms with E-state index in [0.717, 1.165) is 52.4 Å². The first-order valence-corrected chi connectivity index (χ1v) is 8.00. The molecule has 0 spiro atoms. The summed E-state index contributed by atoms with van der Waals surface area (Å²) in [6.45, 7) is 9.11. The molecule has 2 rings (SSSR count). The molecule has 0 unspecified atom stereocenters. The predicted molar refractivity (Wildman–Crippen MR) is 88.6 cm³/mol. The topological polar surface area (TPSA) is 180 Å². The van der Waals surface area contributed by atoms with Gasteiger partial charge in [0.25, 0.3) is 0 Å². The summed E-state index contributed by atoms with van der Waals surface area (Å²) in [6.07, 6.45) is -2.29. The van der Waals surface area contributed by atoms with Crippen LogP contribution in [0.4, 0.5) is 0 Å². The Morgan fingerprint density at radius 2 is 0.880 bits per heavy atom. The minimum atomic E-state index is -2.74. The highest BCUT2D eigenvalue weighted by atomic mass is 16.4. The molecular formula is C14H28N4O7. The van der Waals surface area contributed by atoms with Crippen LogP contribution in [0.1, 0.15) is 12.8 Å². The van der Waals surface area contributed by atoms with Crippen LogP contribution < -0.4 is 21.3 Å². The van der Waals surface area contributed by atoms with Crippen LogP contribution in [0.25, 0.3) is 0 Å². The van der Waals surface area contributed by atoms with Crippen LogP contribution >= 0.6 is 0 Å². The molecule has 2 fully saturated rings. The van der Waals surface area contributed by atoms with Gasteiger partial charge in [0, 0.05) is 52.4 Å². The fourth-order valence-corrected chi connectivity index (χ4v) is 1.92. The molecule has 11 nitrogen and oxygen atoms in total. The van der Waals surface area contributed by atoms with Gasteiger partial charge in [0.05, 0.1) is 12.8 Å². The van der Waals surface area contributed by atoms with Crippen molar-refractivity contribution >= 4 is 17.9 Å². The minimum Gasteiger partial charge on any atom is -0.481 e. The zero-order chi connectivity index (χ0) is 19.1. The highest BCUT2D eigenvalue weighted by molar-refractivity contribution is 5.88. The highest BCUT2D eigenvalue weighted by Crippen LogP contribution is 2.15. The Labute approximate surface area is 145 Å². The fraction of sp³-hybridized carbons (Fsp3) is 0.786. The molecular weight excluding hydrogens is 336 g/mol. The van der Waals surface area contributed by atoms with Crippen molar-refractivity contribution in [2.75, 3.05) is 52.4 Å². The first-order chi connectivity index (χ1) is 11.8. The van der Waals surface area contributed by atoms with Crippen LogP contribution in [0.5, 0.6) is 0 Å². The summed E-state index contributed by atoms with van der Waals surface area (Å²) in [7, 11) is 0. The Hall–Kier alpha value is -1.79. The van der Waals surface area contributed by atoms with E-state index in [0.29, 0.717) is 0 Å². The Bertz CT molecular complexity index is 361. The van der Waals surface area contributed by atoms with Gasteiger partial charge in [0.2, 0.25) is 0 Å². The quantitative estimate of drug-likeness (QED) is 0.251. The lowest BCUT2D eigenvalue weighted by molar-refractivity contribution is -0.170.